The zero-order valence-corrected chi connectivity index (χ0v) is 23.2. The standard InChI is InChI=1S/C32H18N7P.Cu/c1-3-11-19-17(9-1)25-33-26-18-10-2-4-12-20(18)28(35-26)37-30-22-14-6-8-16-24(22)32(39-30)40-31-23-15-7-5-13-21(23)29(38-31)36-27(19)34-25;/h1-16,31,40H;/q-2;+2/b37-30-;. The molecule has 1 aromatic heterocycles. The van der Waals surface area contributed by atoms with Crippen molar-refractivity contribution in [3.63, 3.8) is 0 Å². The maximum Gasteiger partial charge on any atom is 2.00 e. The molecular formula is C32H18CuN7P. The third-order valence-electron chi connectivity index (χ3n) is 7.54. The van der Waals surface area contributed by atoms with E-state index >= 15 is 0 Å². The van der Waals surface area contributed by atoms with Gasteiger partial charge < -0.3 is 25.3 Å². The van der Waals surface area contributed by atoms with E-state index in [1.807, 2.05) is 66.7 Å². The van der Waals surface area contributed by atoms with Gasteiger partial charge in [0, 0.05) is 39.7 Å². The van der Waals surface area contributed by atoms with Crippen LogP contribution in [0.3, 0.4) is 0 Å². The summed E-state index contributed by atoms with van der Waals surface area (Å²) in [5.41, 5.74) is 7.14. The van der Waals surface area contributed by atoms with E-state index in [4.69, 9.17) is 35.3 Å². The normalized spacial score (nSPS) is 20.8. The molecule has 9 rings (SSSR count). The van der Waals surface area contributed by atoms with E-state index in [0.29, 0.717) is 43.6 Å². The molecule has 2 atom stereocenters. The van der Waals surface area contributed by atoms with Crippen LogP contribution in [0.2, 0.25) is 0 Å². The SMILES string of the molecule is [Cu+2].c1ccc2c(c1)C1=N/C2=N\c2[n-]c(c3ccccc23)/N=C2\N=C(PC3[N-]C(=N1)c1ccccc13)c1ccccc12. The van der Waals surface area contributed by atoms with Gasteiger partial charge in [-0.25, -0.2) is 9.98 Å². The molecule has 9 heteroatoms. The van der Waals surface area contributed by atoms with Crippen LogP contribution in [-0.2, 0) is 17.1 Å². The quantitative estimate of drug-likeness (QED) is 0.140. The largest absolute Gasteiger partial charge is 2.00 e. The van der Waals surface area contributed by atoms with Crippen LogP contribution in [-0.4, -0.2) is 28.8 Å². The number of amidine groups is 4. The summed E-state index contributed by atoms with van der Waals surface area (Å²) in [5, 5.41) is 6.99. The molecule has 4 aromatic carbocycles. The molecule has 2 unspecified atom stereocenters. The first kappa shape index (κ1) is 24.3. The van der Waals surface area contributed by atoms with Gasteiger partial charge in [0.05, 0.1) is 23.0 Å². The molecule has 4 aliphatic heterocycles. The van der Waals surface area contributed by atoms with Crippen molar-refractivity contribution in [3.05, 3.63) is 136 Å². The first-order valence-electron chi connectivity index (χ1n) is 13.1. The fourth-order valence-corrected chi connectivity index (χ4v) is 7.06. The van der Waals surface area contributed by atoms with Crippen LogP contribution in [0.5, 0.6) is 0 Å². The Bertz CT molecular complexity index is 2080. The summed E-state index contributed by atoms with van der Waals surface area (Å²) in [5.74, 6) is 3.66. The minimum absolute atomic E-state index is 0. The van der Waals surface area contributed by atoms with Crippen molar-refractivity contribution in [3.8, 4) is 0 Å². The molecule has 0 aliphatic carbocycles. The maximum atomic E-state index is 5.13. The maximum absolute atomic E-state index is 5.13. The van der Waals surface area contributed by atoms with Crippen LogP contribution >= 0.6 is 8.58 Å². The predicted octanol–water partition coefficient (Wildman–Crippen LogP) is 7.00. The molecule has 4 aliphatic rings. The zero-order chi connectivity index (χ0) is 26.2. The molecule has 8 bridgehead atoms. The summed E-state index contributed by atoms with van der Waals surface area (Å²) >= 11 is 0. The summed E-state index contributed by atoms with van der Waals surface area (Å²) in [6.45, 7) is 0. The van der Waals surface area contributed by atoms with Gasteiger partial charge in [-0.15, -0.1) is 0 Å². The van der Waals surface area contributed by atoms with Gasteiger partial charge in [0.25, 0.3) is 0 Å². The molecule has 197 valence electrons. The number of aliphatic imine (C=N–C) groups is 5. The number of nitrogens with zero attached hydrogens (tertiary/aromatic N) is 7. The molecule has 1 radical (unpaired) electrons. The topological polar surface area (TPSA) is 90.0 Å². The van der Waals surface area contributed by atoms with Crippen molar-refractivity contribution in [2.45, 2.75) is 5.78 Å². The van der Waals surface area contributed by atoms with Crippen molar-refractivity contribution in [1.82, 2.24) is 4.98 Å². The number of hydrogen-bond acceptors (Lipinski definition) is 5. The van der Waals surface area contributed by atoms with Gasteiger partial charge in [0.15, 0.2) is 0 Å². The van der Waals surface area contributed by atoms with E-state index < -0.39 is 0 Å². The monoisotopic (exact) mass is 594 g/mol. The number of rotatable bonds is 0. The predicted molar refractivity (Wildman–Crippen MR) is 163 cm³/mol. The van der Waals surface area contributed by atoms with Crippen LogP contribution in [0.15, 0.2) is 122 Å². The van der Waals surface area contributed by atoms with Gasteiger partial charge in [0.1, 0.15) is 0 Å². The molecule has 5 aromatic rings. The van der Waals surface area contributed by atoms with E-state index in [1.54, 1.807) is 0 Å². The average molecular weight is 595 g/mol. The molecule has 0 fully saturated rings. The third-order valence-corrected chi connectivity index (χ3v) is 8.91. The van der Waals surface area contributed by atoms with Crippen molar-refractivity contribution < 1.29 is 17.1 Å². The average Bonchev–Trinajstić information content (AvgIpc) is 3.73. The van der Waals surface area contributed by atoms with Gasteiger partial charge in [-0.1, -0.05) is 111 Å². The van der Waals surface area contributed by atoms with Crippen LogP contribution in [0.4, 0.5) is 11.6 Å². The van der Waals surface area contributed by atoms with Gasteiger partial charge in [-0.05, 0) is 21.9 Å². The Kier molecular flexibility index (Phi) is 5.51. The first-order valence-corrected chi connectivity index (χ1v) is 14.1. The second-order valence-corrected chi connectivity index (χ2v) is 11.2. The molecule has 0 saturated carbocycles. The molecule has 41 heavy (non-hydrogen) atoms. The molecular weight excluding hydrogens is 577 g/mol. The fourth-order valence-electron chi connectivity index (χ4n) is 5.66. The summed E-state index contributed by atoms with van der Waals surface area (Å²) in [6, 6.07) is 32.7. The number of aromatic nitrogens is 1. The Labute approximate surface area is 247 Å². The summed E-state index contributed by atoms with van der Waals surface area (Å²) < 4.78 is 0. The molecule has 7 nitrogen and oxygen atoms in total. The zero-order valence-electron chi connectivity index (χ0n) is 21.2. The van der Waals surface area contributed by atoms with E-state index in [0.717, 1.165) is 49.6 Å². The van der Waals surface area contributed by atoms with Crippen LogP contribution < -0.4 is 4.98 Å². The molecule has 5 heterocycles. The summed E-state index contributed by atoms with van der Waals surface area (Å²) in [4.78, 5) is 29.9. The van der Waals surface area contributed by atoms with Crippen molar-refractivity contribution in [2.24, 2.45) is 25.0 Å². The van der Waals surface area contributed by atoms with Crippen LogP contribution in [0.25, 0.3) is 16.1 Å². The Morgan fingerprint density at radius 1 is 0.512 bits per heavy atom. The summed E-state index contributed by atoms with van der Waals surface area (Å²) in [7, 11) is 0.316. The number of fused-ring (bicyclic) bond motifs is 18. The number of benzene rings is 4. The third kappa shape index (κ3) is 3.72. The Balaban J connectivity index is 0.00000256. The van der Waals surface area contributed by atoms with E-state index in [1.165, 1.54) is 0 Å². The first-order chi connectivity index (χ1) is 19.8. The van der Waals surface area contributed by atoms with Crippen LogP contribution in [0, 0.1) is 0 Å². The Morgan fingerprint density at radius 3 is 1.71 bits per heavy atom. The molecule has 0 N–H and O–H groups in total. The number of hydrogen-bond donors (Lipinski definition) is 0. The van der Waals surface area contributed by atoms with Crippen molar-refractivity contribution in [1.29, 1.82) is 0 Å². The van der Waals surface area contributed by atoms with Crippen LogP contribution in [0.1, 0.15) is 39.2 Å². The van der Waals surface area contributed by atoms with Crippen molar-refractivity contribution >= 4 is 59.8 Å². The van der Waals surface area contributed by atoms with Gasteiger partial charge in [0.2, 0.25) is 0 Å². The minimum Gasteiger partial charge on any atom is -0.453 e. The van der Waals surface area contributed by atoms with Gasteiger partial charge in [-0.2, -0.15) is 0 Å². The second kappa shape index (κ2) is 9.28. The van der Waals surface area contributed by atoms with E-state index in [2.05, 4.69) is 30.3 Å². The molecule has 0 saturated heterocycles. The molecule has 0 spiro atoms. The minimum atomic E-state index is -0.0797. The Morgan fingerprint density at radius 2 is 1.02 bits per heavy atom. The van der Waals surface area contributed by atoms with Gasteiger partial charge in [-0.3, -0.25) is 0 Å². The fraction of sp³-hybridized carbons (Fsp3) is 0.0312. The van der Waals surface area contributed by atoms with Gasteiger partial charge >= 0.3 is 17.1 Å². The smallest absolute Gasteiger partial charge is 0.453 e. The Hall–Kier alpha value is -4.48. The van der Waals surface area contributed by atoms with E-state index in [-0.39, 0.29) is 22.9 Å². The van der Waals surface area contributed by atoms with Crippen molar-refractivity contribution in [2.75, 3.05) is 0 Å². The molecule has 0 amide bonds. The summed E-state index contributed by atoms with van der Waals surface area (Å²) in [6.07, 6.45) is 0. The van der Waals surface area contributed by atoms with E-state index in [9.17, 15) is 0 Å². The second-order valence-electron chi connectivity index (χ2n) is 9.86.